The number of aromatic nitrogens is 2. The number of hydrogen-bond acceptors (Lipinski definition) is 4. The Morgan fingerprint density at radius 2 is 1.89 bits per heavy atom. The van der Waals surface area contributed by atoms with Crippen molar-refractivity contribution in [3.8, 4) is 17.3 Å². The third-order valence-electron chi connectivity index (χ3n) is 2.48. The second-order valence-corrected chi connectivity index (χ2v) is 3.66. The normalized spacial score (nSPS) is 9.67. The molecule has 0 amide bonds. The van der Waals surface area contributed by atoms with Gasteiger partial charge in [-0.2, -0.15) is 4.98 Å². The smallest absolute Gasteiger partial charge is 0.216 e. The first-order chi connectivity index (χ1) is 8.33. The molecule has 2 N–H and O–H groups in total. The van der Waals surface area contributed by atoms with E-state index in [1.165, 1.54) is 5.56 Å². The Hall–Kier alpha value is -1.65. The molecule has 1 aromatic carbocycles. The molecule has 1 aromatic heterocycles. The van der Waals surface area contributed by atoms with Gasteiger partial charge < -0.3 is 10.5 Å². The van der Waals surface area contributed by atoms with Crippen molar-refractivity contribution in [3.05, 3.63) is 42.1 Å². The molecular formula is C13H16ClN3O. The van der Waals surface area contributed by atoms with Crippen molar-refractivity contribution in [2.45, 2.75) is 6.42 Å². The van der Waals surface area contributed by atoms with Gasteiger partial charge in [-0.05, 0) is 18.5 Å². The Balaban J connectivity index is 0.00000162. The second kappa shape index (κ2) is 6.93. The zero-order valence-electron chi connectivity index (χ0n) is 10.2. The highest BCUT2D eigenvalue weighted by Crippen LogP contribution is 2.17. The van der Waals surface area contributed by atoms with Crippen LogP contribution in [0, 0.1) is 0 Å². The van der Waals surface area contributed by atoms with Crippen LogP contribution in [0.3, 0.4) is 0 Å². The van der Waals surface area contributed by atoms with Gasteiger partial charge in [-0.15, -0.1) is 12.4 Å². The number of methoxy groups -OCH3 is 1. The average molecular weight is 266 g/mol. The summed E-state index contributed by atoms with van der Waals surface area (Å²) >= 11 is 0. The summed E-state index contributed by atoms with van der Waals surface area (Å²) in [7, 11) is 1.59. The summed E-state index contributed by atoms with van der Waals surface area (Å²) in [5.41, 5.74) is 7.70. The lowest BCUT2D eigenvalue weighted by Gasteiger charge is -2.04. The van der Waals surface area contributed by atoms with Gasteiger partial charge in [-0.3, -0.25) is 0 Å². The molecular weight excluding hydrogens is 250 g/mol. The molecule has 5 heteroatoms. The molecule has 0 bridgehead atoms. The van der Waals surface area contributed by atoms with Crippen LogP contribution in [0.5, 0.6) is 5.88 Å². The summed E-state index contributed by atoms with van der Waals surface area (Å²) in [4.78, 5) is 8.50. The van der Waals surface area contributed by atoms with Crippen molar-refractivity contribution in [1.82, 2.24) is 9.97 Å². The number of nitrogens with zero attached hydrogens (tertiary/aromatic N) is 2. The lowest BCUT2D eigenvalue weighted by Crippen LogP contribution is -2.02. The zero-order valence-corrected chi connectivity index (χ0v) is 11.0. The quantitative estimate of drug-likeness (QED) is 0.919. The van der Waals surface area contributed by atoms with Crippen LogP contribution in [0.15, 0.2) is 36.5 Å². The first kappa shape index (κ1) is 14.4. The maximum absolute atomic E-state index is 5.51. The van der Waals surface area contributed by atoms with Crippen molar-refractivity contribution in [1.29, 1.82) is 0 Å². The molecule has 4 nitrogen and oxygen atoms in total. The SMILES string of the molecule is COc1ccnc(-c2ccc(CCN)cc2)n1.Cl. The first-order valence-electron chi connectivity index (χ1n) is 5.50. The molecule has 0 unspecified atom stereocenters. The molecule has 0 aliphatic carbocycles. The lowest BCUT2D eigenvalue weighted by atomic mass is 10.1. The van der Waals surface area contributed by atoms with Gasteiger partial charge in [0.15, 0.2) is 5.82 Å². The van der Waals surface area contributed by atoms with Crippen molar-refractivity contribution in [2.75, 3.05) is 13.7 Å². The van der Waals surface area contributed by atoms with Gasteiger partial charge >= 0.3 is 0 Å². The molecule has 0 radical (unpaired) electrons. The fourth-order valence-electron chi connectivity index (χ4n) is 1.58. The Morgan fingerprint density at radius 3 is 2.50 bits per heavy atom. The monoisotopic (exact) mass is 265 g/mol. The molecule has 2 rings (SSSR count). The molecule has 96 valence electrons. The maximum atomic E-state index is 5.51. The Labute approximate surface area is 113 Å². The largest absolute Gasteiger partial charge is 0.481 e. The van der Waals surface area contributed by atoms with E-state index in [1.54, 1.807) is 19.4 Å². The van der Waals surface area contributed by atoms with Crippen molar-refractivity contribution < 1.29 is 4.74 Å². The van der Waals surface area contributed by atoms with Gasteiger partial charge in [0, 0.05) is 17.8 Å². The van der Waals surface area contributed by atoms with Crippen LogP contribution < -0.4 is 10.5 Å². The number of nitrogens with two attached hydrogens (primary N) is 1. The minimum Gasteiger partial charge on any atom is -0.481 e. The molecule has 0 saturated carbocycles. The van der Waals surface area contributed by atoms with Crippen LogP contribution in [0.1, 0.15) is 5.56 Å². The van der Waals surface area contributed by atoms with Gasteiger partial charge in [0.2, 0.25) is 5.88 Å². The van der Waals surface area contributed by atoms with E-state index in [4.69, 9.17) is 10.5 Å². The van der Waals surface area contributed by atoms with E-state index in [0.29, 0.717) is 18.2 Å². The average Bonchev–Trinajstić information content (AvgIpc) is 2.40. The Kier molecular flexibility index (Phi) is 5.55. The molecule has 1 heterocycles. The predicted molar refractivity (Wildman–Crippen MR) is 74.0 cm³/mol. The fourth-order valence-corrected chi connectivity index (χ4v) is 1.58. The van der Waals surface area contributed by atoms with Crippen LogP contribution in [0.2, 0.25) is 0 Å². The van der Waals surface area contributed by atoms with Crippen LogP contribution in [-0.4, -0.2) is 23.6 Å². The van der Waals surface area contributed by atoms with E-state index in [2.05, 4.69) is 9.97 Å². The highest BCUT2D eigenvalue weighted by Gasteiger charge is 2.02. The molecule has 0 fully saturated rings. The third kappa shape index (κ3) is 3.42. The number of benzene rings is 1. The van der Waals surface area contributed by atoms with E-state index in [0.717, 1.165) is 12.0 Å². The van der Waals surface area contributed by atoms with E-state index in [-0.39, 0.29) is 12.4 Å². The Morgan fingerprint density at radius 1 is 1.17 bits per heavy atom. The lowest BCUT2D eigenvalue weighted by molar-refractivity contribution is 0.397. The molecule has 0 aliphatic heterocycles. The maximum Gasteiger partial charge on any atom is 0.216 e. The molecule has 0 spiro atoms. The highest BCUT2D eigenvalue weighted by molar-refractivity contribution is 5.85. The zero-order chi connectivity index (χ0) is 12.1. The number of hydrogen-bond donors (Lipinski definition) is 1. The third-order valence-corrected chi connectivity index (χ3v) is 2.48. The van der Waals surface area contributed by atoms with E-state index in [9.17, 15) is 0 Å². The molecule has 0 atom stereocenters. The molecule has 18 heavy (non-hydrogen) atoms. The van der Waals surface area contributed by atoms with Gasteiger partial charge in [0.1, 0.15) is 0 Å². The minimum absolute atomic E-state index is 0. The van der Waals surface area contributed by atoms with Crippen LogP contribution >= 0.6 is 12.4 Å². The number of halogens is 1. The van der Waals surface area contributed by atoms with Gasteiger partial charge in [-0.25, -0.2) is 4.98 Å². The van der Waals surface area contributed by atoms with Crippen LogP contribution in [0.25, 0.3) is 11.4 Å². The molecule has 0 aliphatic rings. The van der Waals surface area contributed by atoms with Gasteiger partial charge in [0.05, 0.1) is 7.11 Å². The first-order valence-corrected chi connectivity index (χ1v) is 5.50. The summed E-state index contributed by atoms with van der Waals surface area (Å²) in [6.07, 6.45) is 2.58. The summed E-state index contributed by atoms with van der Waals surface area (Å²) in [5, 5.41) is 0. The van der Waals surface area contributed by atoms with Crippen LogP contribution in [-0.2, 0) is 6.42 Å². The van der Waals surface area contributed by atoms with E-state index < -0.39 is 0 Å². The minimum atomic E-state index is 0. The van der Waals surface area contributed by atoms with Crippen molar-refractivity contribution in [3.63, 3.8) is 0 Å². The highest BCUT2D eigenvalue weighted by atomic mass is 35.5. The van der Waals surface area contributed by atoms with E-state index >= 15 is 0 Å². The summed E-state index contributed by atoms with van der Waals surface area (Å²) < 4.78 is 5.07. The number of rotatable bonds is 4. The second-order valence-electron chi connectivity index (χ2n) is 3.66. The summed E-state index contributed by atoms with van der Waals surface area (Å²) in [6.45, 7) is 0.662. The fraction of sp³-hybridized carbons (Fsp3) is 0.231. The topological polar surface area (TPSA) is 61.0 Å². The molecule has 0 saturated heterocycles. The summed E-state index contributed by atoms with van der Waals surface area (Å²) in [6, 6.07) is 9.82. The van der Waals surface area contributed by atoms with Gasteiger partial charge in [-0.1, -0.05) is 24.3 Å². The Bertz CT molecular complexity index is 488. The summed E-state index contributed by atoms with van der Waals surface area (Å²) in [5.74, 6) is 1.24. The van der Waals surface area contributed by atoms with E-state index in [1.807, 2.05) is 24.3 Å². The standard InChI is InChI=1S/C13H15N3O.ClH/c1-17-12-7-9-15-13(16-12)11-4-2-10(3-5-11)6-8-14;/h2-5,7,9H,6,8,14H2,1H3;1H. The predicted octanol–water partition coefficient (Wildman–Crippen LogP) is 2.08. The number of ether oxygens (including phenoxy) is 1. The van der Waals surface area contributed by atoms with Gasteiger partial charge in [0.25, 0.3) is 0 Å². The van der Waals surface area contributed by atoms with Crippen molar-refractivity contribution >= 4 is 12.4 Å². The van der Waals surface area contributed by atoms with Crippen LogP contribution in [0.4, 0.5) is 0 Å². The van der Waals surface area contributed by atoms with Crippen molar-refractivity contribution in [2.24, 2.45) is 5.73 Å². The molecule has 2 aromatic rings.